The van der Waals surface area contributed by atoms with E-state index in [4.69, 9.17) is 0 Å². The smallest absolute Gasteiger partial charge is 1.00 e. The number of allylic oxidation sites excluding steroid dienone is 8. The van der Waals surface area contributed by atoms with E-state index in [9.17, 15) is 0 Å². The molecule has 28 heavy (non-hydrogen) atoms. The van der Waals surface area contributed by atoms with Crippen LogP contribution in [0.1, 0.15) is 81.1 Å². The summed E-state index contributed by atoms with van der Waals surface area (Å²) < 4.78 is 0. The Balaban J connectivity index is -0.000000355. The van der Waals surface area contributed by atoms with Gasteiger partial charge in [0.15, 0.2) is 0 Å². The molecular formula is C24H40Cl2HfSi-2. The molecular weight excluding hydrogens is 566 g/mol. The van der Waals surface area contributed by atoms with Gasteiger partial charge in [-0.05, 0) is 10.8 Å². The fraction of sp³-hybridized carbons (Fsp3) is 0.667. The maximum Gasteiger partial charge on any atom is -1.00 e. The van der Waals surface area contributed by atoms with E-state index in [1.165, 1.54) is 58.1 Å². The molecule has 0 unspecified atom stereocenters. The second-order valence-electron chi connectivity index (χ2n) is 9.35. The summed E-state index contributed by atoms with van der Waals surface area (Å²) in [4.78, 5) is 0. The summed E-state index contributed by atoms with van der Waals surface area (Å²) in [5.41, 5.74) is 6.65. The van der Waals surface area contributed by atoms with Gasteiger partial charge in [0.25, 0.3) is 0 Å². The Morgan fingerprint density at radius 2 is 1.04 bits per heavy atom. The second-order valence-corrected chi connectivity index (χ2v) is 22.1. The summed E-state index contributed by atoms with van der Waals surface area (Å²) in [6, 6.07) is 0. The van der Waals surface area contributed by atoms with Crippen LogP contribution in [0.3, 0.4) is 0 Å². The third-order valence-corrected chi connectivity index (χ3v) is 4.23. The minimum absolute atomic E-state index is 0. The quantitative estimate of drug-likeness (QED) is 0.333. The molecule has 0 aromatic rings. The standard InChI is InChI=1S/2C11H17.C2H6Si.2ClH.Hf/c2*1-5-9-6-7-10(8-9)11(2,3)4;1-3-2;;;/h2*8H,5-6H2,1-4H3;1-2H3;2*1H;/q2*-1;;;;+2/p-2. The summed E-state index contributed by atoms with van der Waals surface area (Å²) in [6.45, 7) is 22.5. The van der Waals surface area contributed by atoms with E-state index in [-0.39, 0.29) is 41.1 Å². The molecule has 0 saturated heterocycles. The van der Waals surface area contributed by atoms with Crippen LogP contribution >= 0.6 is 0 Å². The molecule has 2 aliphatic rings. The van der Waals surface area contributed by atoms with Gasteiger partial charge < -0.3 is 24.8 Å². The minimum Gasteiger partial charge on any atom is -1.00 e. The van der Waals surface area contributed by atoms with Gasteiger partial charge >= 0.3 is 41.6 Å². The van der Waals surface area contributed by atoms with Crippen molar-refractivity contribution in [1.29, 1.82) is 0 Å². The van der Waals surface area contributed by atoms with Crippen LogP contribution in [0.5, 0.6) is 0 Å². The summed E-state index contributed by atoms with van der Waals surface area (Å²) in [5, 5.41) is 0. The van der Waals surface area contributed by atoms with Crippen LogP contribution < -0.4 is 24.8 Å². The van der Waals surface area contributed by atoms with Gasteiger partial charge in [0.05, 0.1) is 0 Å². The molecule has 0 atom stereocenters. The first-order chi connectivity index (χ1) is 11.8. The molecule has 0 radical (unpaired) electrons. The molecule has 0 nitrogen and oxygen atoms in total. The predicted octanol–water partition coefficient (Wildman–Crippen LogP) is 1.80. The zero-order chi connectivity index (χ0) is 20.5. The van der Waals surface area contributed by atoms with Crippen molar-refractivity contribution in [3.63, 3.8) is 0 Å². The molecule has 0 bridgehead atoms. The van der Waals surface area contributed by atoms with Crippen molar-refractivity contribution in [2.24, 2.45) is 10.8 Å². The van der Waals surface area contributed by atoms with Crippen LogP contribution in [0.15, 0.2) is 34.4 Å². The molecule has 0 aliphatic heterocycles. The van der Waals surface area contributed by atoms with Crippen molar-refractivity contribution in [2.45, 2.75) is 94.2 Å². The van der Waals surface area contributed by atoms with E-state index < -0.39 is 0 Å². The van der Waals surface area contributed by atoms with E-state index in [1.807, 2.05) is 0 Å². The van der Waals surface area contributed by atoms with Gasteiger partial charge in [-0.15, -0.1) is 12.8 Å². The van der Waals surface area contributed by atoms with Gasteiger partial charge in [-0.3, -0.25) is 12.2 Å². The molecule has 0 N–H and O–H groups in total. The van der Waals surface area contributed by atoms with Crippen LogP contribution in [0.4, 0.5) is 0 Å². The predicted molar refractivity (Wildman–Crippen MR) is 116 cm³/mol. The Bertz CT molecular complexity index is 545. The van der Waals surface area contributed by atoms with E-state index in [2.05, 4.69) is 92.8 Å². The Morgan fingerprint density at radius 1 is 0.786 bits per heavy atom. The zero-order valence-electron chi connectivity index (χ0n) is 19.7. The molecule has 0 aromatic carbocycles. The second kappa shape index (κ2) is 15.4. The molecule has 0 heterocycles. The maximum absolute atomic E-state index is 3.42. The number of halogens is 2. The summed E-state index contributed by atoms with van der Waals surface area (Å²) >= 11 is 1.45. The normalized spacial score (nSPS) is 15.3. The number of hydrogen-bond donors (Lipinski definition) is 0. The van der Waals surface area contributed by atoms with Gasteiger partial charge in [0.1, 0.15) is 0 Å². The summed E-state index contributed by atoms with van der Waals surface area (Å²) in [7, 11) is 0. The first-order valence-corrected chi connectivity index (χ1v) is 17.8. The molecule has 2 aliphatic carbocycles. The van der Waals surface area contributed by atoms with E-state index in [0.717, 1.165) is 12.8 Å². The number of rotatable bonds is 2. The van der Waals surface area contributed by atoms with E-state index >= 15 is 0 Å². The largest absolute Gasteiger partial charge is 1.00 e. The van der Waals surface area contributed by atoms with Crippen LogP contribution in [-0.4, -0.2) is 5.49 Å². The molecule has 2 rings (SSSR count). The van der Waals surface area contributed by atoms with Gasteiger partial charge in [0.2, 0.25) is 0 Å². The average molecular weight is 606 g/mol. The van der Waals surface area contributed by atoms with Crippen LogP contribution in [-0.2, 0) is 23.0 Å². The first-order valence-electron chi connectivity index (χ1n) is 9.94. The van der Waals surface area contributed by atoms with E-state index in [1.54, 1.807) is 0 Å². The molecule has 4 heteroatoms. The fourth-order valence-electron chi connectivity index (χ4n) is 2.45. The van der Waals surface area contributed by atoms with Gasteiger partial charge in [-0.2, -0.15) is 11.1 Å². The Morgan fingerprint density at radius 3 is 1.14 bits per heavy atom. The number of hydrogen-bond acceptors (Lipinski definition) is 0. The van der Waals surface area contributed by atoms with Gasteiger partial charge in [-0.25, -0.2) is 23.3 Å². The Hall–Kier alpha value is 0.627. The van der Waals surface area contributed by atoms with Crippen molar-refractivity contribution in [3.8, 4) is 0 Å². The van der Waals surface area contributed by atoms with Crippen molar-refractivity contribution < 1.29 is 47.8 Å². The summed E-state index contributed by atoms with van der Waals surface area (Å²) in [6.07, 6.45) is 15.9. The summed E-state index contributed by atoms with van der Waals surface area (Å²) in [5.74, 6) is 0. The van der Waals surface area contributed by atoms with E-state index in [0.29, 0.717) is 0 Å². The van der Waals surface area contributed by atoms with Crippen molar-refractivity contribution in [3.05, 3.63) is 46.6 Å². The van der Waals surface area contributed by atoms with Crippen molar-refractivity contribution >= 4 is 5.49 Å². The van der Waals surface area contributed by atoms with Crippen molar-refractivity contribution in [2.75, 3.05) is 0 Å². The average Bonchev–Trinajstić information content (AvgIpc) is 3.15. The first kappa shape index (κ1) is 33.3. The van der Waals surface area contributed by atoms with Gasteiger partial charge in [-0.1, -0.05) is 68.2 Å². The van der Waals surface area contributed by atoms with Crippen LogP contribution in [0, 0.1) is 23.0 Å². The fourth-order valence-corrected chi connectivity index (χ4v) is 2.45. The van der Waals surface area contributed by atoms with Crippen LogP contribution in [0.2, 0.25) is 13.1 Å². The molecule has 0 spiro atoms. The topological polar surface area (TPSA) is 0 Å². The Labute approximate surface area is 203 Å². The minimum atomic E-state index is 0. The monoisotopic (exact) mass is 606 g/mol. The maximum atomic E-state index is 3.42. The SMILES string of the molecule is CCC1=CC(C(C)(C)C)=[C-]C1.CCC1=CC(C(C)(C)C)=[C-]C1.C[Si](C)=[Hf+2].[Cl-].[Cl-]. The van der Waals surface area contributed by atoms with Crippen molar-refractivity contribution in [1.82, 2.24) is 0 Å². The molecule has 0 aromatic heterocycles. The Kier molecular flexibility index (Phi) is 18.3. The molecule has 160 valence electrons. The third-order valence-electron chi connectivity index (χ3n) is 4.23. The third kappa shape index (κ3) is 14.6. The molecule has 0 amide bonds. The van der Waals surface area contributed by atoms with Crippen LogP contribution in [0.25, 0.3) is 0 Å². The molecule has 0 fully saturated rings. The zero-order valence-corrected chi connectivity index (χ0v) is 25.8. The molecule has 0 saturated carbocycles. The van der Waals surface area contributed by atoms with Gasteiger partial charge in [0, 0.05) is 0 Å².